The summed E-state index contributed by atoms with van der Waals surface area (Å²) in [6.45, 7) is 4.00. The van der Waals surface area contributed by atoms with E-state index in [9.17, 15) is 21.6 Å². The molecule has 0 unspecified atom stereocenters. The van der Waals surface area contributed by atoms with Gasteiger partial charge in [0.05, 0.1) is 5.56 Å². The first kappa shape index (κ1) is 19.7. The van der Waals surface area contributed by atoms with E-state index in [-0.39, 0.29) is 11.1 Å². The Morgan fingerprint density at radius 2 is 1.96 bits per heavy atom. The van der Waals surface area contributed by atoms with Gasteiger partial charge in [-0.15, -0.1) is 0 Å². The van der Waals surface area contributed by atoms with E-state index in [0.717, 1.165) is 12.6 Å². The molecule has 1 aromatic rings. The maximum atomic E-state index is 12.4. The summed E-state index contributed by atoms with van der Waals surface area (Å²) in [7, 11) is -5.83. The second-order valence-corrected chi connectivity index (χ2v) is 5.85. The molecule has 0 radical (unpaired) electrons. The van der Waals surface area contributed by atoms with Crippen molar-refractivity contribution in [3.63, 3.8) is 0 Å². The SMILES string of the molecule is CC.N#Cc1cnc(OS(=O)(=O)C(F)(F)F)c(C2=CCCC=C2)c1. The molecule has 9 heteroatoms. The van der Waals surface area contributed by atoms with Gasteiger partial charge in [-0.25, -0.2) is 4.98 Å². The third-order valence-electron chi connectivity index (χ3n) is 2.76. The lowest BCUT2D eigenvalue weighted by atomic mass is 10.00. The first-order chi connectivity index (χ1) is 11.2. The highest BCUT2D eigenvalue weighted by Crippen LogP contribution is 2.32. The van der Waals surface area contributed by atoms with Crippen LogP contribution >= 0.6 is 0 Å². The number of hydrogen-bond donors (Lipinski definition) is 0. The standard InChI is InChI=1S/C13H9F3N2O3S.C2H6/c14-13(15,16)22(19,20)21-12-11(6-9(7-17)8-18-12)10-4-2-1-3-5-10;1-2/h2,4-6,8H,1,3H2;1-2H3. The third kappa shape index (κ3) is 4.58. The molecule has 0 aliphatic heterocycles. The molecule has 1 aliphatic carbocycles. The fourth-order valence-electron chi connectivity index (χ4n) is 1.75. The lowest BCUT2D eigenvalue weighted by molar-refractivity contribution is -0.0501. The molecule has 24 heavy (non-hydrogen) atoms. The monoisotopic (exact) mass is 360 g/mol. The van der Waals surface area contributed by atoms with Crippen LogP contribution in [-0.4, -0.2) is 18.9 Å². The topological polar surface area (TPSA) is 80.0 Å². The second kappa shape index (κ2) is 7.97. The van der Waals surface area contributed by atoms with Crippen molar-refractivity contribution in [2.45, 2.75) is 32.2 Å². The third-order valence-corrected chi connectivity index (χ3v) is 3.70. The zero-order valence-electron chi connectivity index (χ0n) is 13.0. The molecule has 1 heterocycles. The van der Waals surface area contributed by atoms with E-state index < -0.39 is 21.5 Å². The summed E-state index contributed by atoms with van der Waals surface area (Å²) < 4.78 is 63.6. The van der Waals surface area contributed by atoms with Crippen LogP contribution in [0.4, 0.5) is 13.2 Å². The van der Waals surface area contributed by atoms with Gasteiger partial charge < -0.3 is 4.18 Å². The molecule has 0 amide bonds. The predicted molar refractivity (Wildman–Crippen MR) is 82.3 cm³/mol. The number of allylic oxidation sites excluding steroid dienone is 4. The van der Waals surface area contributed by atoms with Crippen molar-refractivity contribution >= 4 is 15.7 Å². The molecule has 0 fully saturated rings. The molecular formula is C15H15F3N2O3S. The fourth-order valence-corrected chi connectivity index (χ4v) is 2.19. The van der Waals surface area contributed by atoms with Gasteiger partial charge in [0.2, 0.25) is 5.88 Å². The summed E-state index contributed by atoms with van der Waals surface area (Å²) in [6, 6.07) is 3.02. The van der Waals surface area contributed by atoms with Gasteiger partial charge in [0.25, 0.3) is 0 Å². The van der Waals surface area contributed by atoms with E-state index in [4.69, 9.17) is 5.26 Å². The van der Waals surface area contributed by atoms with Gasteiger partial charge in [0, 0.05) is 11.8 Å². The Hall–Kier alpha value is -2.34. The van der Waals surface area contributed by atoms with Crippen LogP contribution in [0.5, 0.6) is 5.88 Å². The van der Waals surface area contributed by atoms with Crippen LogP contribution in [0, 0.1) is 11.3 Å². The molecule has 1 aliphatic rings. The van der Waals surface area contributed by atoms with E-state index in [1.165, 1.54) is 6.07 Å². The summed E-state index contributed by atoms with van der Waals surface area (Å²) in [5, 5.41) is 8.85. The maximum absolute atomic E-state index is 12.4. The van der Waals surface area contributed by atoms with Gasteiger partial charge in [0.1, 0.15) is 6.07 Å². The van der Waals surface area contributed by atoms with E-state index in [1.54, 1.807) is 24.3 Å². The first-order valence-electron chi connectivity index (χ1n) is 7.02. The average molecular weight is 360 g/mol. The molecule has 2 rings (SSSR count). The minimum Gasteiger partial charge on any atom is -0.355 e. The number of nitriles is 1. The molecule has 0 aromatic carbocycles. The average Bonchev–Trinajstić information content (AvgIpc) is 2.56. The molecule has 0 N–H and O–H groups in total. The molecule has 5 nitrogen and oxygen atoms in total. The number of pyridine rings is 1. The normalized spacial score (nSPS) is 14.1. The molecule has 0 saturated heterocycles. The number of nitrogens with zero attached hydrogens (tertiary/aromatic N) is 2. The van der Waals surface area contributed by atoms with Crippen LogP contribution in [0.2, 0.25) is 0 Å². The van der Waals surface area contributed by atoms with Crippen molar-refractivity contribution in [2.24, 2.45) is 0 Å². The highest BCUT2D eigenvalue weighted by Gasteiger charge is 2.49. The van der Waals surface area contributed by atoms with Gasteiger partial charge in [0.15, 0.2) is 0 Å². The number of alkyl halides is 3. The number of rotatable bonds is 3. The lowest BCUT2D eigenvalue weighted by Crippen LogP contribution is -2.28. The highest BCUT2D eigenvalue weighted by molar-refractivity contribution is 7.87. The van der Waals surface area contributed by atoms with Gasteiger partial charge in [-0.3, -0.25) is 0 Å². The highest BCUT2D eigenvalue weighted by atomic mass is 32.2. The Labute approximate surface area is 138 Å². The van der Waals surface area contributed by atoms with Crippen LogP contribution in [0.3, 0.4) is 0 Å². The minimum absolute atomic E-state index is 0.0165. The van der Waals surface area contributed by atoms with E-state index in [2.05, 4.69) is 9.17 Å². The Balaban J connectivity index is 0.00000139. The number of hydrogen-bond acceptors (Lipinski definition) is 5. The summed E-state index contributed by atoms with van der Waals surface area (Å²) >= 11 is 0. The predicted octanol–water partition coefficient (Wildman–Crippen LogP) is 3.94. The molecular weight excluding hydrogens is 345 g/mol. The van der Waals surface area contributed by atoms with E-state index >= 15 is 0 Å². The van der Waals surface area contributed by atoms with Crippen molar-refractivity contribution in [1.29, 1.82) is 5.26 Å². The molecule has 0 saturated carbocycles. The van der Waals surface area contributed by atoms with Crippen LogP contribution in [0.1, 0.15) is 37.8 Å². The van der Waals surface area contributed by atoms with Crippen molar-refractivity contribution in [2.75, 3.05) is 0 Å². The summed E-state index contributed by atoms with van der Waals surface area (Å²) in [5.74, 6) is -0.714. The second-order valence-electron chi connectivity index (χ2n) is 4.31. The Morgan fingerprint density at radius 1 is 1.29 bits per heavy atom. The van der Waals surface area contributed by atoms with Gasteiger partial charge in [-0.1, -0.05) is 32.1 Å². The van der Waals surface area contributed by atoms with Crippen molar-refractivity contribution < 1.29 is 25.8 Å². The van der Waals surface area contributed by atoms with E-state index in [1.807, 2.05) is 13.8 Å². The zero-order chi connectivity index (χ0) is 18.4. The summed E-state index contributed by atoms with van der Waals surface area (Å²) in [5.41, 5.74) is -5.02. The van der Waals surface area contributed by atoms with Gasteiger partial charge >= 0.3 is 15.6 Å². The Morgan fingerprint density at radius 3 is 2.46 bits per heavy atom. The molecule has 0 bridgehead atoms. The first-order valence-corrected chi connectivity index (χ1v) is 8.43. The largest absolute Gasteiger partial charge is 0.534 e. The zero-order valence-corrected chi connectivity index (χ0v) is 13.8. The molecule has 130 valence electrons. The lowest BCUT2D eigenvalue weighted by Gasteiger charge is -2.14. The van der Waals surface area contributed by atoms with Gasteiger partial charge in [-0.05, 0) is 24.5 Å². The smallest absolute Gasteiger partial charge is 0.355 e. The quantitative estimate of drug-likeness (QED) is 0.602. The maximum Gasteiger partial charge on any atom is 0.534 e. The van der Waals surface area contributed by atoms with Crippen LogP contribution in [0.15, 0.2) is 30.5 Å². The number of halogens is 3. The van der Waals surface area contributed by atoms with Gasteiger partial charge in [-0.2, -0.15) is 26.9 Å². The Bertz CT molecular complexity index is 791. The van der Waals surface area contributed by atoms with Crippen LogP contribution in [0.25, 0.3) is 5.57 Å². The van der Waals surface area contributed by atoms with Crippen molar-refractivity contribution in [3.05, 3.63) is 41.6 Å². The molecule has 0 spiro atoms. The fraction of sp³-hybridized carbons (Fsp3) is 0.333. The summed E-state index contributed by atoms with van der Waals surface area (Å²) in [4.78, 5) is 3.52. The van der Waals surface area contributed by atoms with Crippen molar-refractivity contribution in [1.82, 2.24) is 4.98 Å². The summed E-state index contributed by atoms with van der Waals surface area (Å²) in [6.07, 6.45) is 7.41. The molecule has 0 atom stereocenters. The minimum atomic E-state index is -5.83. The van der Waals surface area contributed by atoms with E-state index in [0.29, 0.717) is 12.0 Å². The molecule has 1 aromatic heterocycles. The Kier molecular flexibility index (Phi) is 6.54. The van der Waals surface area contributed by atoms with Crippen molar-refractivity contribution in [3.8, 4) is 11.9 Å². The number of aromatic nitrogens is 1. The van der Waals surface area contributed by atoms with Crippen LogP contribution < -0.4 is 4.18 Å². The van der Waals surface area contributed by atoms with Crippen LogP contribution in [-0.2, 0) is 10.1 Å².